The molecule has 0 radical (unpaired) electrons. The highest BCUT2D eigenvalue weighted by molar-refractivity contribution is 8.00. The van der Waals surface area contributed by atoms with E-state index in [2.05, 4.69) is 36.4 Å². The summed E-state index contributed by atoms with van der Waals surface area (Å²) in [4.78, 5) is 0. The van der Waals surface area contributed by atoms with E-state index in [1.54, 1.807) is 50.2 Å². The predicted octanol–water partition coefficient (Wildman–Crippen LogP) is 8.07. The summed E-state index contributed by atoms with van der Waals surface area (Å²) in [5.74, 6) is 2.62. The van der Waals surface area contributed by atoms with Crippen molar-refractivity contribution in [3.63, 3.8) is 0 Å². The molecule has 2 unspecified atom stereocenters. The summed E-state index contributed by atoms with van der Waals surface area (Å²) in [7, 11) is 6.38. The van der Waals surface area contributed by atoms with Crippen molar-refractivity contribution in [2.75, 3.05) is 28.4 Å². The third kappa shape index (κ3) is 7.80. The Bertz CT molecular complexity index is 1370. The molecule has 212 valence electrons. The van der Waals surface area contributed by atoms with Crippen LogP contribution in [0.3, 0.4) is 0 Å². The van der Waals surface area contributed by atoms with Gasteiger partial charge in [0.25, 0.3) is 0 Å². The summed E-state index contributed by atoms with van der Waals surface area (Å²) < 4.78 is 21.4. The molecule has 2 N–H and O–H groups in total. The molecule has 7 heteroatoms. The average molecular weight is 571 g/mol. The van der Waals surface area contributed by atoms with Gasteiger partial charge in [-0.2, -0.15) is 0 Å². The quantitative estimate of drug-likeness (QED) is 0.178. The second kappa shape index (κ2) is 14.2. The molecule has 0 aliphatic rings. The van der Waals surface area contributed by atoms with Crippen molar-refractivity contribution in [3.8, 4) is 34.5 Å². The lowest BCUT2D eigenvalue weighted by Crippen LogP contribution is -1.98. The van der Waals surface area contributed by atoms with Gasteiger partial charge in [0.15, 0.2) is 23.0 Å². The van der Waals surface area contributed by atoms with Gasteiger partial charge >= 0.3 is 0 Å². The van der Waals surface area contributed by atoms with Crippen LogP contribution >= 0.6 is 11.8 Å². The lowest BCUT2D eigenvalue weighted by atomic mass is 10.1. The first-order valence-corrected chi connectivity index (χ1v) is 13.9. The molecular formula is C34H34O6S. The van der Waals surface area contributed by atoms with Gasteiger partial charge in [0, 0.05) is 10.5 Å². The van der Waals surface area contributed by atoms with Gasteiger partial charge in [0.1, 0.15) is 11.5 Å². The fourth-order valence-electron chi connectivity index (χ4n) is 4.21. The van der Waals surface area contributed by atoms with Crippen molar-refractivity contribution < 1.29 is 29.2 Å². The van der Waals surface area contributed by atoms with Crippen LogP contribution in [0.1, 0.15) is 32.8 Å². The van der Waals surface area contributed by atoms with Gasteiger partial charge < -0.3 is 29.2 Å². The maximum absolute atomic E-state index is 10.0. The molecule has 0 spiro atoms. The molecule has 0 bridgehead atoms. The van der Waals surface area contributed by atoms with Gasteiger partial charge in [-0.1, -0.05) is 60.7 Å². The van der Waals surface area contributed by atoms with Crippen LogP contribution in [0.15, 0.2) is 97.1 Å². The minimum atomic E-state index is -0.0354. The number of rotatable bonds is 12. The van der Waals surface area contributed by atoms with Gasteiger partial charge in [0.05, 0.1) is 28.4 Å². The third-order valence-electron chi connectivity index (χ3n) is 6.52. The Morgan fingerprint density at radius 2 is 0.927 bits per heavy atom. The van der Waals surface area contributed by atoms with E-state index in [0.29, 0.717) is 11.5 Å². The van der Waals surface area contributed by atoms with Crippen molar-refractivity contribution >= 4 is 23.9 Å². The SMILES string of the molecule is COc1ccc(C(/C=C\c2ccc(O)c(OC)c2)SC(/C=C\c2ccc(O)c(OC)c2)c2ccc(OC)cc2)cc1. The van der Waals surface area contributed by atoms with Gasteiger partial charge in [0.2, 0.25) is 0 Å². The topological polar surface area (TPSA) is 77.4 Å². The Morgan fingerprint density at radius 1 is 0.537 bits per heavy atom. The number of phenolic OH excluding ortho intramolecular Hbond substituents is 2. The van der Waals surface area contributed by atoms with E-state index in [-0.39, 0.29) is 22.0 Å². The summed E-state index contributed by atoms with van der Waals surface area (Å²) in [6, 6.07) is 26.7. The van der Waals surface area contributed by atoms with Gasteiger partial charge in [-0.05, 0) is 70.8 Å². The number of ether oxygens (including phenoxy) is 4. The fraction of sp³-hybridized carbons (Fsp3) is 0.176. The van der Waals surface area contributed by atoms with E-state index in [0.717, 1.165) is 33.8 Å². The number of hydrogen-bond acceptors (Lipinski definition) is 7. The second-order valence-corrected chi connectivity index (χ2v) is 10.4. The molecule has 0 amide bonds. The van der Waals surface area contributed by atoms with Crippen LogP contribution < -0.4 is 18.9 Å². The Labute approximate surface area is 245 Å². The monoisotopic (exact) mass is 570 g/mol. The Kier molecular flexibility index (Phi) is 10.2. The number of methoxy groups -OCH3 is 4. The third-order valence-corrected chi connectivity index (χ3v) is 7.96. The van der Waals surface area contributed by atoms with Crippen LogP contribution in [0.5, 0.6) is 34.5 Å². The van der Waals surface area contributed by atoms with Crippen LogP contribution in [-0.4, -0.2) is 38.7 Å². The lowest BCUT2D eigenvalue weighted by molar-refractivity contribution is 0.373. The Balaban J connectivity index is 1.72. The summed E-state index contributed by atoms with van der Waals surface area (Å²) in [5.41, 5.74) is 4.03. The van der Waals surface area contributed by atoms with E-state index in [1.807, 2.05) is 48.6 Å². The fourth-order valence-corrected chi connectivity index (χ4v) is 5.49. The molecule has 0 aromatic heterocycles. The first kappa shape index (κ1) is 29.5. The molecule has 2 atom stereocenters. The molecule has 0 heterocycles. The first-order chi connectivity index (χ1) is 19.9. The molecule has 41 heavy (non-hydrogen) atoms. The molecular weight excluding hydrogens is 536 g/mol. The molecule has 4 aromatic carbocycles. The maximum atomic E-state index is 10.0. The van der Waals surface area contributed by atoms with E-state index in [1.165, 1.54) is 14.2 Å². The highest BCUT2D eigenvalue weighted by Crippen LogP contribution is 2.44. The zero-order chi connectivity index (χ0) is 29.2. The smallest absolute Gasteiger partial charge is 0.161 e. The summed E-state index contributed by atoms with van der Waals surface area (Å²) in [6.07, 6.45) is 8.35. The van der Waals surface area contributed by atoms with E-state index in [4.69, 9.17) is 18.9 Å². The van der Waals surface area contributed by atoms with Crippen molar-refractivity contribution in [1.82, 2.24) is 0 Å². The summed E-state index contributed by atoms with van der Waals surface area (Å²) >= 11 is 1.77. The average Bonchev–Trinajstić information content (AvgIpc) is 3.02. The number of benzene rings is 4. The molecule has 0 saturated heterocycles. The molecule has 0 fully saturated rings. The van der Waals surface area contributed by atoms with Crippen LogP contribution in [0, 0.1) is 0 Å². The summed E-state index contributed by atoms with van der Waals surface area (Å²) in [5, 5.41) is 20.0. The largest absolute Gasteiger partial charge is 0.504 e. The van der Waals surface area contributed by atoms with Crippen molar-refractivity contribution in [2.24, 2.45) is 0 Å². The normalized spacial score (nSPS) is 12.8. The number of phenols is 2. The van der Waals surface area contributed by atoms with Crippen molar-refractivity contribution in [2.45, 2.75) is 10.5 Å². The lowest BCUT2D eigenvalue weighted by Gasteiger charge is -2.21. The first-order valence-electron chi connectivity index (χ1n) is 13.0. The zero-order valence-corrected chi connectivity index (χ0v) is 24.3. The molecule has 4 aromatic rings. The van der Waals surface area contributed by atoms with Gasteiger partial charge in [-0.15, -0.1) is 11.8 Å². The predicted molar refractivity (Wildman–Crippen MR) is 166 cm³/mol. The van der Waals surface area contributed by atoms with Crippen LogP contribution in [0.25, 0.3) is 12.2 Å². The number of hydrogen-bond donors (Lipinski definition) is 2. The molecule has 4 rings (SSSR count). The molecule has 6 nitrogen and oxygen atoms in total. The standard InChI is InChI=1S/C34H34O6S/c1-37-27-13-9-25(10-14-27)33(19-7-23-5-17-29(35)31(21-23)39-3)41-34(26-11-15-28(38-2)16-12-26)20-8-24-6-18-30(36)32(22-24)40-4/h5-22,33-36H,1-4H3/b19-7-,20-8-. The van der Waals surface area contributed by atoms with Crippen LogP contribution in [-0.2, 0) is 0 Å². The minimum Gasteiger partial charge on any atom is -0.504 e. The second-order valence-electron chi connectivity index (χ2n) is 9.10. The van der Waals surface area contributed by atoms with Crippen molar-refractivity contribution in [1.29, 1.82) is 0 Å². The maximum Gasteiger partial charge on any atom is 0.161 e. The summed E-state index contributed by atoms with van der Waals surface area (Å²) in [6.45, 7) is 0. The van der Waals surface area contributed by atoms with Crippen molar-refractivity contribution in [3.05, 3.63) is 119 Å². The van der Waals surface area contributed by atoms with E-state index in [9.17, 15) is 10.2 Å². The van der Waals surface area contributed by atoms with Gasteiger partial charge in [-0.3, -0.25) is 0 Å². The van der Waals surface area contributed by atoms with E-state index < -0.39 is 0 Å². The van der Waals surface area contributed by atoms with Crippen LogP contribution in [0.2, 0.25) is 0 Å². The number of thioether (sulfide) groups is 1. The van der Waals surface area contributed by atoms with E-state index >= 15 is 0 Å². The number of aromatic hydroxyl groups is 2. The molecule has 0 saturated carbocycles. The highest BCUT2D eigenvalue weighted by Gasteiger charge is 2.18. The molecule has 0 aliphatic carbocycles. The minimum absolute atomic E-state index is 0.0354. The highest BCUT2D eigenvalue weighted by atomic mass is 32.2. The zero-order valence-electron chi connectivity index (χ0n) is 23.5. The molecule has 0 aliphatic heterocycles. The Morgan fingerprint density at radius 3 is 1.27 bits per heavy atom. The van der Waals surface area contributed by atoms with Gasteiger partial charge in [-0.25, -0.2) is 0 Å². The Hall–Kier alpha value is -4.49. The van der Waals surface area contributed by atoms with Crippen LogP contribution in [0.4, 0.5) is 0 Å².